The van der Waals surface area contributed by atoms with Gasteiger partial charge in [-0.3, -0.25) is 4.79 Å². The molecule has 5 heteroatoms. The number of amides is 1. The molecule has 4 nitrogen and oxygen atoms in total. The molecule has 1 amide bonds. The van der Waals surface area contributed by atoms with Crippen molar-refractivity contribution in [2.24, 2.45) is 5.10 Å². The van der Waals surface area contributed by atoms with Crippen LogP contribution in [0.5, 0.6) is 5.75 Å². The van der Waals surface area contributed by atoms with Crippen LogP contribution in [0.2, 0.25) is 5.02 Å². The van der Waals surface area contributed by atoms with Gasteiger partial charge in [0.2, 0.25) is 0 Å². The van der Waals surface area contributed by atoms with Crippen molar-refractivity contribution >= 4 is 29.8 Å². The molecule has 0 bridgehead atoms. The van der Waals surface area contributed by atoms with Crippen molar-refractivity contribution in [3.8, 4) is 5.75 Å². The highest BCUT2D eigenvalue weighted by Crippen LogP contribution is 2.15. The van der Waals surface area contributed by atoms with Gasteiger partial charge in [-0.15, -0.1) is 0 Å². The number of halogens is 1. The van der Waals surface area contributed by atoms with Crippen molar-refractivity contribution in [2.45, 2.75) is 0 Å². The Hall–Kier alpha value is -2.59. The minimum Gasteiger partial charge on any atom is -0.484 e. The molecule has 0 radical (unpaired) electrons. The van der Waals surface area contributed by atoms with Gasteiger partial charge in [-0.2, -0.15) is 5.10 Å². The van der Waals surface area contributed by atoms with Crippen LogP contribution in [0.4, 0.5) is 0 Å². The van der Waals surface area contributed by atoms with Gasteiger partial charge in [-0.25, -0.2) is 5.43 Å². The molecule has 0 spiro atoms. The summed E-state index contributed by atoms with van der Waals surface area (Å²) in [5, 5.41) is 4.42. The maximum atomic E-state index is 11.5. The van der Waals surface area contributed by atoms with E-state index >= 15 is 0 Å². The zero-order valence-corrected chi connectivity index (χ0v) is 12.5. The zero-order chi connectivity index (χ0) is 15.6. The van der Waals surface area contributed by atoms with Crippen LogP contribution < -0.4 is 10.2 Å². The monoisotopic (exact) mass is 314 g/mol. The first kappa shape index (κ1) is 15.8. The van der Waals surface area contributed by atoms with E-state index < -0.39 is 0 Å². The molecule has 0 aliphatic rings. The van der Waals surface area contributed by atoms with E-state index in [1.807, 2.05) is 36.4 Å². The molecule has 0 saturated carbocycles. The Bertz CT molecular complexity index is 652. The van der Waals surface area contributed by atoms with Gasteiger partial charge in [0.15, 0.2) is 6.61 Å². The largest absolute Gasteiger partial charge is 0.484 e. The fourth-order valence-electron chi connectivity index (χ4n) is 1.58. The van der Waals surface area contributed by atoms with Crippen molar-refractivity contribution in [1.29, 1.82) is 0 Å². The third-order valence-corrected chi connectivity index (χ3v) is 2.87. The average molecular weight is 315 g/mol. The first-order chi connectivity index (χ1) is 10.7. The van der Waals surface area contributed by atoms with Crippen LogP contribution in [0.15, 0.2) is 65.8 Å². The van der Waals surface area contributed by atoms with Crippen LogP contribution in [-0.4, -0.2) is 18.7 Å². The smallest absolute Gasteiger partial charge is 0.277 e. The highest BCUT2D eigenvalue weighted by Gasteiger charge is 2.00. The van der Waals surface area contributed by atoms with Crippen LogP contribution in [0.1, 0.15) is 5.56 Å². The van der Waals surface area contributed by atoms with Crippen molar-refractivity contribution in [3.63, 3.8) is 0 Å². The summed E-state index contributed by atoms with van der Waals surface area (Å²) in [6.45, 7) is -0.110. The van der Waals surface area contributed by atoms with Gasteiger partial charge >= 0.3 is 0 Å². The summed E-state index contributed by atoms with van der Waals surface area (Å²) in [6.07, 6.45) is 5.14. The fourth-order valence-corrected chi connectivity index (χ4v) is 1.71. The number of rotatable bonds is 6. The first-order valence-electron chi connectivity index (χ1n) is 6.66. The second kappa shape index (κ2) is 8.64. The minimum absolute atomic E-state index is 0.110. The average Bonchev–Trinajstić information content (AvgIpc) is 2.55. The van der Waals surface area contributed by atoms with E-state index in [4.69, 9.17) is 16.3 Å². The predicted molar refractivity (Wildman–Crippen MR) is 89.1 cm³/mol. The molecule has 2 aromatic rings. The van der Waals surface area contributed by atoms with E-state index in [1.165, 1.54) is 6.21 Å². The van der Waals surface area contributed by atoms with E-state index in [-0.39, 0.29) is 12.5 Å². The summed E-state index contributed by atoms with van der Waals surface area (Å²) in [6, 6.07) is 16.6. The molecule has 0 saturated heterocycles. The molecule has 0 atom stereocenters. The number of benzene rings is 2. The second-order valence-electron chi connectivity index (χ2n) is 4.33. The number of hydrazone groups is 1. The normalized spacial score (nSPS) is 11.0. The Kier molecular flexibility index (Phi) is 6.20. The minimum atomic E-state index is -0.334. The molecule has 1 N–H and O–H groups in total. The van der Waals surface area contributed by atoms with Gasteiger partial charge < -0.3 is 4.74 Å². The number of carbonyl (C=O) groups is 1. The van der Waals surface area contributed by atoms with Crippen molar-refractivity contribution in [3.05, 3.63) is 71.3 Å². The SMILES string of the molecule is O=C(COc1ccc(Cl)cc1)N/N=C/C=C/c1ccccc1. The van der Waals surface area contributed by atoms with E-state index in [1.54, 1.807) is 30.3 Å². The van der Waals surface area contributed by atoms with Crippen LogP contribution in [0.25, 0.3) is 6.08 Å². The Morgan fingerprint density at radius 2 is 1.86 bits per heavy atom. The lowest BCUT2D eigenvalue weighted by Gasteiger charge is -2.04. The Balaban J connectivity index is 1.70. The molecule has 2 aromatic carbocycles. The maximum Gasteiger partial charge on any atom is 0.277 e. The Morgan fingerprint density at radius 3 is 2.59 bits per heavy atom. The summed E-state index contributed by atoms with van der Waals surface area (Å²) in [5.41, 5.74) is 3.44. The quantitative estimate of drug-likeness (QED) is 0.655. The molecule has 2 rings (SSSR count). The van der Waals surface area contributed by atoms with E-state index in [0.29, 0.717) is 10.8 Å². The van der Waals surface area contributed by atoms with Gasteiger partial charge in [0.1, 0.15) is 5.75 Å². The number of nitrogens with zero attached hydrogens (tertiary/aromatic N) is 1. The van der Waals surface area contributed by atoms with Crippen molar-refractivity contribution in [2.75, 3.05) is 6.61 Å². The molecule has 0 aromatic heterocycles. The topological polar surface area (TPSA) is 50.7 Å². The maximum absolute atomic E-state index is 11.5. The standard InChI is InChI=1S/C17H15ClN2O2/c18-15-8-10-16(11-9-15)22-13-17(21)20-19-12-4-7-14-5-2-1-3-6-14/h1-12H,13H2,(H,20,21)/b7-4+,19-12+. The lowest BCUT2D eigenvalue weighted by molar-refractivity contribution is -0.123. The lowest BCUT2D eigenvalue weighted by atomic mass is 10.2. The number of hydrogen-bond acceptors (Lipinski definition) is 3. The van der Waals surface area contributed by atoms with Gasteiger partial charge in [0, 0.05) is 11.2 Å². The number of nitrogens with one attached hydrogen (secondary N) is 1. The molecule has 0 heterocycles. The predicted octanol–water partition coefficient (Wildman–Crippen LogP) is 3.53. The molecular weight excluding hydrogens is 300 g/mol. The number of carbonyl (C=O) groups excluding carboxylic acids is 1. The van der Waals surface area contributed by atoms with Crippen molar-refractivity contribution in [1.82, 2.24) is 5.43 Å². The van der Waals surface area contributed by atoms with Gasteiger partial charge in [-0.1, -0.05) is 48.0 Å². The summed E-state index contributed by atoms with van der Waals surface area (Å²) >= 11 is 5.76. The van der Waals surface area contributed by atoms with Crippen LogP contribution in [0.3, 0.4) is 0 Å². The summed E-state index contributed by atoms with van der Waals surface area (Å²) in [4.78, 5) is 11.5. The van der Waals surface area contributed by atoms with Crippen molar-refractivity contribution < 1.29 is 9.53 Å². The zero-order valence-electron chi connectivity index (χ0n) is 11.8. The number of ether oxygens (including phenoxy) is 1. The summed E-state index contributed by atoms with van der Waals surface area (Å²) in [7, 11) is 0. The lowest BCUT2D eigenvalue weighted by Crippen LogP contribution is -2.24. The number of allylic oxidation sites excluding steroid dienone is 1. The third kappa shape index (κ3) is 5.81. The molecular formula is C17H15ClN2O2. The fraction of sp³-hybridized carbons (Fsp3) is 0.0588. The van der Waals surface area contributed by atoms with Gasteiger partial charge in [-0.05, 0) is 35.9 Å². The Labute approximate surface area is 134 Å². The third-order valence-electron chi connectivity index (χ3n) is 2.62. The van der Waals surface area contributed by atoms with Gasteiger partial charge in [0.25, 0.3) is 5.91 Å². The van der Waals surface area contributed by atoms with Crippen LogP contribution >= 0.6 is 11.6 Å². The Morgan fingerprint density at radius 1 is 1.14 bits per heavy atom. The molecule has 22 heavy (non-hydrogen) atoms. The first-order valence-corrected chi connectivity index (χ1v) is 7.04. The van der Waals surface area contributed by atoms with Crippen LogP contribution in [-0.2, 0) is 4.79 Å². The molecule has 0 unspecified atom stereocenters. The second-order valence-corrected chi connectivity index (χ2v) is 4.76. The van der Waals surface area contributed by atoms with E-state index in [0.717, 1.165) is 5.56 Å². The van der Waals surface area contributed by atoms with E-state index in [2.05, 4.69) is 10.5 Å². The molecule has 0 aliphatic carbocycles. The molecule has 0 fully saturated rings. The molecule has 112 valence electrons. The van der Waals surface area contributed by atoms with Gasteiger partial charge in [0.05, 0.1) is 0 Å². The van der Waals surface area contributed by atoms with E-state index in [9.17, 15) is 4.79 Å². The summed E-state index contributed by atoms with van der Waals surface area (Å²) < 4.78 is 5.29. The highest BCUT2D eigenvalue weighted by atomic mass is 35.5. The summed E-state index contributed by atoms with van der Waals surface area (Å²) in [5.74, 6) is 0.242. The van der Waals surface area contributed by atoms with Crippen LogP contribution in [0, 0.1) is 0 Å². The highest BCUT2D eigenvalue weighted by molar-refractivity contribution is 6.30. The molecule has 0 aliphatic heterocycles. The number of hydrogen-bond donors (Lipinski definition) is 1.